The van der Waals surface area contributed by atoms with Crippen LogP contribution >= 0.6 is 0 Å². The van der Waals surface area contributed by atoms with Gasteiger partial charge in [0.25, 0.3) is 11.7 Å². The van der Waals surface area contributed by atoms with Crippen LogP contribution in [0.1, 0.15) is 36.0 Å². The van der Waals surface area contributed by atoms with E-state index in [4.69, 9.17) is 9.47 Å². The Morgan fingerprint density at radius 1 is 1.12 bits per heavy atom. The first kappa shape index (κ1) is 14.3. The number of H-pyrrole nitrogens is 1. The fraction of sp³-hybridized carbons (Fsp3) is 0.263. The predicted molar refractivity (Wildman–Crippen MR) is 92.9 cm³/mol. The van der Waals surface area contributed by atoms with Crippen molar-refractivity contribution in [3.63, 3.8) is 0 Å². The molecule has 0 bridgehead atoms. The number of hydrogen-bond acceptors (Lipinski definition) is 4. The fourth-order valence-electron chi connectivity index (χ4n) is 3.65. The number of nitrogens with one attached hydrogen (secondary N) is 2. The van der Waals surface area contributed by atoms with Gasteiger partial charge >= 0.3 is 0 Å². The van der Waals surface area contributed by atoms with E-state index in [0.29, 0.717) is 17.0 Å². The summed E-state index contributed by atoms with van der Waals surface area (Å²) in [5.74, 6) is 0.756. The summed E-state index contributed by atoms with van der Waals surface area (Å²) in [7, 11) is 0. The van der Waals surface area contributed by atoms with Gasteiger partial charge in [0, 0.05) is 30.0 Å². The molecule has 1 aromatic heterocycles. The molecule has 2 aliphatic rings. The number of rotatable bonds is 2. The molecule has 6 nitrogen and oxygen atoms in total. The van der Waals surface area contributed by atoms with Crippen molar-refractivity contribution in [1.82, 2.24) is 10.2 Å². The van der Waals surface area contributed by atoms with Crippen molar-refractivity contribution >= 4 is 22.5 Å². The van der Waals surface area contributed by atoms with Gasteiger partial charge in [0.05, 0.1) is 17.3 Å². The zero-order valence-electron chi connectivity index (χ0n) is 13.5. The molecule has 2 heterocycles. The van der Waals surface area contributed by atoms with E-state index in [0.717, 1.165) is 42.3 Å². The van der Waals surface area contributed by atoms with Gasteiger partial charge in [-0.1, -0.05) is 12.1 Å². The van der Waals surface area contributed by atoms with Crippen LogP contribution in [0, 0.1) is 0 Å². The Labute approximate surface area is 144 Å². The maximum absolute atomic E-state index is 12.6. The van der Waals surface area contributed by atoms with Crippen LogP contribution in [-0.4, -0.2) is 21.9 Å². The van der Waals surface area contributed by atoms with E-state index in [1.807, 2.05) is 30.3 Å². The molecule has 0 radical (unpaired) electrons. The lowest BCUT2D eigenvalue weighted by Crippen LogP contribution is -2.34. The number of benzene rings is 2. The molecule has 0 unspecified atom stereocenters. The standard InChI is InChI=1S/C19H17N3O3/c23-18(14-5-3-4-12-11-20-22-17(12)14)21-13-6-7-15-16(10-13)25-19(24-15)8-1-2-9-19/h3-7,10-11H,1-2,8-9H2,(H,20,22)(H,21,23). The Bertz CT molecular complexity index is 973. The fourth-order valence-corrected chi connectivity index (χ4v) is 3.65. The lowest BCUT2D eigenvalue weighted by Gasteiger charge is -2.21. The highest BCUT2D eigenvalue weighted by Gasteiger charge is 2.44. The Balaban J connectivity index is 1.40. The highest BCUT2D eigenvalue weighted by Crippen LogP contribution is 2.47. The summed E-state index contributed by atoms with van der Waals surface area (Å²) >= 11 is 0. The van der Waals surface area contributed by atoms with Crippen molar-refractivity contribution in [2.24, 2.45) is 0 Å². The molecule has 25 heavy (non-hydrogen) atoms. The van der Waals surface area contributed by atoms with Crippen molar-refractivity contribution in [3.8, 4) is 11.5 Å². The molecule has 0 atom stereocenters. The van der Waals surface area contributed by atoms with Gasteiger partial charge in [-0.25, -0.2) is 0 Å². The molecule has 2 N–H and O–H groups in total. The molecule has 1 aliphatic heterocycles. The molecule has 5 rings (SSSR count). The van der Waals surface area contributed by atoms with E-state index < -0.39 is 5.79 Å². The second kappa shape index (κ2) is 5.24. The van der Waals surface area contributed by atoms with E-state index in [1.165, 1.54) is 0 Å². The molecule has 1 aliphatic carbocycles. The number of carbonyl (C=O) groups is 1. The molecule has 3 aromatic rings. The van der Waals surface area contributed by atoms with Gasteiger partial charge in [-0.15, -0.1) is 0 Å². The summed E-state index contributed by atoms with van der Waals surface area (Å²) in [6.45, 7) is 0. The maximum atomic E-state index is 12.6. The van der Waals surface area contributed by atoms with Gasteiger partial charge in [0.2, 0.25) is 0 Å². The van der Waals surface area contributed by atoms with E-state index in [1.54, 1.807) is 12.3 Å². The summed E-state index contributed by atoms with van der Waals surface area (Å²) in [6.07, 6.45) is 5.75. The van der Waals surface area contributed by atoms with Crippen LogP contribution in [-0.2, 0) is 0 Å². The van der Waals surface area contributed by atoms with Gasteiger partial charge in [-0.3, -0.25) is 9.89 Å². The Morgan fingerprint density at radius 2 is 1.96 bits per heavy atom. The molecule has 1 saturated carbocycles. The van der Waals surface area contributed by atoms with Crippen molar-refractivity contribution in [3.05, 3.63) is 48.2 Å². The Kier molecular flexibility index (Phi) is 3.00. The quantitative estimate of drug-likeness (QED) is 0.746. The van der Waals surface area contributed by atoms with Gasteiger partial charge in [-0.2, -0.15) is 5.10 Å². The van der Waals surface area contributed by atoms with Crippen molar-refractivity contribution in [2.75, 3.05) is 5.32 Å². The SMILES string of the molecule is O=C(Nc1ccc2c(c1)OC1(CCCC1)O2)c1cccc2cn[nH]c12. The number of carbonyl (C=O) groups excluding carboxylic acids is 1. The normalized spacial score (nSPS) is 17.3. The highest BCUT2D eigenvalue weighted by atomic mass is 16.7. The molecule has 0 saturated heterocycles. The summed E-state index contributed by atoms with van der Waals surface area (Å²) < 4.78 is 12.1. The first-order valence-electron chi connectivity index (χ1n) is 8.48. The molecule has 1 amide bonds. The smallest absolute Gasteiger partial charge is 0.257 e. The molecular weight excluding hydrogens is 318 g/mol. The van der Waals surface area contributed by atoms with Gasteiger partial charge in [0.15, 0.2) is 11.5 Å². The number of nitrogens with zero attached hydrogens (tertiary/aromatic N) is 1. The van der Waals surface area contributed by atoms with E-state index >= 15 is 0 Å². The third-order valence-corrected chi connectivity index (χ3v) is 4.88. The van der Waals surface area contributed by atoms with Crippen molar-refractivity contribution in [1.29, 1.82) is 0 Å². The van der Waals surface area contributed by atoms with Crippen LogP contribution in [0.25, 0.3) is 10.9 Å². The Morgan fingerprint density at radius 3 is 2.84 bits per heavy atom. The van der Waals surface area contributed by atoms with E-state index in [2.05, 4.69) is 15.5 Å². The zero-order valence-corrected chi connectivity index (χ0v) is 13.5. The van der Waals surface area contributed by atoms with Crippen LogP contribution in [0.5, 0.6) is 11.5 Å². The average Bonchev–Trinajstić information content (AvgIpc) is 3.33. The molecule has 126 valence electrons. The van der Waals surface area contributed by atoms with Crippen LogP contribution in [0.15, 0.2) is 42.6 Å². The average molecular weight is 335 g/mol. The van der Waals surface area contributed by atoms with E-state index in [-0.39, 0.29) is 5.91 Å². The lowest BCUT2D eigenvalue weighted by molar-refractivity contribution is -0.0716. The highest BCUT2D eigenvalue weighted by molar-refractivity contribution is 6.11. The number of fused-ring (bicyclic) bond motifs is 2. The molecule has 1 fully saturated rings. The van der Waals surface area contributed by atoms with Gasteiger partial charge in [0.1, 0.15) is 0 Å². The second-order valence-corrected chi connectivity index (χ2v) is 6.58. The number of aromatic nitrogens is 2. The minimum atomic E-state index is -0.494. The third kappa shape index (κ3) is 2.33. The summed E-state index contributed by atoms with van der Waals surface area (Å²) in [5, 5.41) is 10.7. The first-order chi connectivity index (χ1) is 12.2. The van der Waals surface area contributed by atoms with Crippen molar-refractivity contribution < 1.29 is 14.3 Å². The molecular formula is C19H17N3O3. The number of aromatic amines is 1. The third-order valence-electron chi connectivity index (χ3n) is 4.88. The van der Waals surface area contributed by atoms with Crippen LogP contribution in [0.2, 0.25) is 0 Å². The first-order valence-corrected chi connectivity index (χ1v) is 8.48. The monoisotopic (exact) mass is 335 g/mol. The number of hydrogen-bond donors (Lipinski definition) is 2. The second-order valence-electron chi connectivity index (χ2n) is 6.58. The Hall–Kier alpha value is -3.02. The topological polar surface area (TPSA) is 76.2 Å². The minimum Gasteiger partial charge on any atom is -0.448 e. The number of anilines is 1. The molecule has 1 spiro atoms. The maximum Gasteiger partial charge on any atom is 0.257 e. The number of para-hydroxylation sites is 1. The van der Waals surface area contributed by atoms with Crippen LogP contribution in [0.3, 0.4) is 0 Å². The van der Waals surface area contributed by atoms with Crippen molar-refractivity contribution in [2.45, 2.75) is 31.5 Å². The molecule has 6 heteroatoms. The predicted octanol–water partition coefficient (Wildman–Crippen LogP) is 3.86. The summed E-state index contributed by atoms with van der Waals surface area (Å²) in [5.41, 5.74) is 1.96. The largest absolute Gasteiger partial charge is 0.448 e. The van der Waals surface area contributed by atoms with Gasteiger partial charge in [-0.05, 0) is 31.0 Å². The van der Waals surface area contributed by atoms with Crippen LogP contribution in [0.4, 0.5) is 5.69 Å². The summed E-state index contributed by atoms with van der Waals surface area (Å²) in [6, 6.07) is 11.0. The van der Waals surface area contributed by atoms with Crippen LogP contribution < -0.4 is 14.8 Å². The minimum absolute atomic E-state index is 0.190. The number of amides is 1. The van der Waals surface area contributed by atoms with Gasteiger partial charge < -0.3 is 14.8 Å². The molecule has 2 aromatic carbocycles. The number of ether oxygens (including phenoxy) is 2. The zero-order chi connectivity index (χ0) is 16.9. The van der Waals surface area contributed by atoms with E-state index in [9.17, 15) is 4.79 Å². The lowest BCUT2D eigenvalue weighted by atomic mass is 10.1. The summed E-state index contributed by atoms with van der Waals surface area (Å²) in [4.78, 5) is 12.6.